The van der Waals surface area contributed by atoms with E-state index in [1.54, 1.807) is 0 Å². The number of thiazole rings is 1. The molecule has 1 N–H and O–H groups in total. The first-order valence-corrected chi connectivity index (χ1v) is 5.96. The highest BCUT2D eigenvalue weighted by atomic mass is 35.5. The predicted molar refractivity (Wildman–Crippen MR) is 67.6 cm³/mol. The van der Waals surface area contributed by atoms with Crippen molar-refractivity contribution in [1.29, 1.82) is 0 Å². The monoisotopic (exact) mass is 254 g/mol. The third-order valence-corrected chi connectivity index (χ3v) is 3.75. The number of hydrogen-bond donors (Lipinski definition) is 1. The molecule has 0 amide bonds. The first-order chi connectivity index (χ1) is 7.72. The minimum absolute atomic E-state index is 0.0703. The largest absolute Gasteiger partial charge is 0.391 e. The van der Waals surface area contributed by atoms with Crippen LogP contribution in [-0.4, -0.2) is 17.1 Å². The van der Waals surface area contributed by atoms with Gasteiger partial charge in [0.25, 0.3) is 0 Å². The highest BCUT2D eigenvalue weighted by Crippen LogP contribution is 2.32. The molecule has 0 spiro atoms. The zero-order chi connectivity index (χ0) is 11.5. The van der Waals surface area contributed by atoms with Gasteiger partial charge in [0.05, 0.1) is 11.5 Å². The SMILES string of the molecule is CN(c1ccccc1)c1nc(Cl)c(CO)s1. The van der Waals surface area contributed by atoms with Crippen LogP contribution < -0.4 is 4.90 Å². The van der Waals surface area contributed by atoms with Gasteiger partial charge in [0.1, 0.15) is 5.15 Å². The molecule has 0 atom stereocenters. The molecule has 16 heavy (non-hydrogen) atoms. The molecule has 0 fully saturated rings. The van der Waals surface area contributed by atoms with Crippen LogP contribution >= 0.6 is 22.9 Å². The smallest absolute Gasteiger partial charge is 0.191 e. The van der Waals surface area contributed by atoms with E-state index in [2.05, 4.69) is 4.98 Å². The summed E-state index contributed by atoms with van der Waals surface area (Å²) >= 11 is 7.28. The summed E-state index contributed by atoms with van der Waals surface area (Å²) in [6, 6.07) is 9.88. The van der Waals surface area contributed by atoms with E-state index in [0.29, 0.717) is 10.0 Å². The Morgan fingerprint density at radius 2 is 2.06 bits per heavy atom. The van der Waals surface area contributed by atoms with Gasteiger partial charge in [-0.3, -0.25) is 0 Å². The number of halogens is 1. The Kier molecular flexibility index (Phi) is 3.43. The van der Waals surface area contributed by atoms with Crippen LogP contribution in [0.5, 0.6) is 0 Å². The van der Waals surface area contributed by atoms with Gasteiger partial charge in [-0.1, -0.05) is 41.1 Å². The van der Waals surface area contributed by atoms with E-state index in [0.717, 1.165) is 10.8 Å². The van der Waals surface area contributed by atoms with Crippen LogP contribution in [0.25, 0.3) is 0 Å². The summed E-state index contributed by atoms with van der Waals surface area (Å²) in [4.78, 5) is 6.84. The molecule has 0 saturated heterocycles. The van der Waals surface area contributed by atoms with E-state index in [4.69, 9.17) is 16.7 Å². The van der Waals surface area contributed by atoms with Gasteiger partial charge in [0.2, 0.25) is 0 Å². The zero-order valence-corrected chi connectivity index (χ0v) is 10.3. The van der Waals surface area contributed by atoms with E-state index in [1.165, 1.54) is 11.3 Å². The van der Waals surface area contributed by atoms with Crippen molar-refractivity contribution < 1.29 is 5.11 Å². The first kappa shape index (κ1) is 11.4. The molecule has 0 bridgehead atoms. The van der Waals surface area contributed by atoms with Gasteiger partial charge in [-0.2, -0.15) is 0 Å². The van der Waals surface area contributed by atoms with E-state index in [9.17, 15) is 0 Å². The van der Waals surface area contributed by atoms with Crippen molar-refractivity contribution in [2.75, 3.05) is 11.9 Å². The fourth-order valence-corrected chi connectivity index (χ4v) is 2.42. The maximum absolute atomic E-state index is 9.05. The Bertz CT molecular complexity index is 472. The first-order valence-electron chi connectivity index (χ1n) is 4.77. The van der Waals surface area contributed by atoms with Gasteiger partial charge < -0.3 is 10.0 Å². The molecule has 0 unspecified atom stereocenters. The Morgan fingerprint density at radius 3 is 2.62 bits per heavy atom. The Morgan fingerprint density at radius 1 is 1.38 bits per heavy atom. The Balaban J connectivity index is 2.31. The topological polar surface area (TPSA) is 36.4 Å². The minimum Gasteiger partial charge on any atom is -0.391 e. The van der Waals surface area contributed by atoms with Gasteiger partial charge >= 0.3 is 0 Å². The molecule has 0 aliphatic carbocycles. The van der Waals surface area contributed by atoms with Gasteiger partial charge in [-0.15, -0.1) is 0 Å². The minimum atomic E-state index is -0.0703. The zero-order valence-electron chi connectivity index (χ0n) is 8.72. The second kappa shape index (κ2) is 4.82. The molecule has 0 radical (unpaired) electrons. The molecule has 1 aromatic heterocycles. The number of rotatable bonds is 3. The summed E-state index contributed by atoms with van der Waals surface area (Å²) in [5.74, 6) is 0. The van der Waals surface area contributed by atoms with Crippen LogP contribution in [0.3, 0.4) is 0 Å². The summed E-state index contributed by atoms with van der Waals surface area (Å²) in [6.07, 6.45) is 0. The fourth-order valence-electron chi connectivity index (χ4n) is 1.32. The summed E-state index contributed by atoms with van der Waals surface area (Å²) < 4.78 is 0. The molecule has 0 aliphatic rings. The van der Waals surface area contributed by atoms with Crippen molar-refractivity contribution in [2.45, 2.75) is 6.61 Å². The van der Waals surface area contributed by atoms with E-state index in [1.807, 2.05) is 42.3 Å². The third kappa shape index (κ3) is 2.19. The van der Waals surface area contributed by atoms with Crippen molar-refractivity contribution in [3.8, 4) is 0 Å². The van der Waals surface area contributed by atoms with Gasteiger partial charge in [-0.25, -0.2) is 4.98 Å². The molecule has 84 valence electrons. The molecular weight excluding hydrogens is 244 g/mol. The molecule has 2 rings (SSSR count). The Hall–Kier alpha value is -1.10. The lowest BCUT2D eigenvalue weighted by Crippen LogP contribution is -2.08. The lowest BCUT2D eigenvalue weighted by Gasteiger charge is -2.15. The average molecular weight is 255 g/mol. The molecule has 5 heteroatoms. The number of nitrogens with zero attached hydrogens (tertiary/aromatic N) is 2. The highest BCUT2D eigenvalue weighted by molar-refractivity contribution is 7.16. The standard InChI is InChI=1S/C11H11ClN2OS/c1-14(8-5-3-2-4-6-8)11-13-10(12)9(7-15)16-11/h2-6,15H,7H2,1H3. The summed E-state index contributed by atoms with van der Waals surface area (Å²) in [5, 5.41) is 10.2. The number of anilines is 2. The van der Waals surface area contributed by atoms with Gasteiger partial charge in [0, 0.05) is 12.7 Å². The number of aliphatic hydroxyl groups is 1. The molecule has 1 heterocycles. The second-order valence-electron chi connectivity index (χ2n) is 3.26. The molecule has 1 aromatic carbocycles. The predicted octanol–water partition coefficient (Wildman–Crippen LogP) is 3.06. The number of para-hydroxylation sites is 1. The van der Waals surface area contributed by atoms with Crippen molar-refractivity contribution in [2.24, 2.45) is 0 Å². The van der Waals surface area contributed by atoms with E-state index in [-0.39, 0.29) is 6.61 Å². The van der Waals surface area contributed by atoms with Gasteiger partial charge in [-0.05, 0) is 12.1 Å². The lowest BCUT2D eigenvalue weighted by atomic mass is 10.3. The molecule has 0 aliphatic heterocycles. The average Bonchev–Trinajstić information content (AvgIpc) is 2.71. The van der Waals surface area contributed by atoms with Crippen molar-refractivity contribution >= 4 is 33.8 Å². The summed E-state index contributed by atoms with van der Waals surface area (Å²) in [5.41, 5.74) is 1.04. The summed E-state index contributed by atoms with van der Waals surface area (Å²) in [7, 11) is 1.92. The third-order valence-electron chi connectivity index (χ3n) is 2.21. The number of aliphatic hydroxyl groups excluding tert-OH is 1. The van der Waals surface area contributed by atoms with Crippen molar-refractivity contribution in [3.63, 3.8) is 0 Å². The Labute approximate surface area is 103 Å². The maximum atomic E-state index is 9.05. The second-order valence-corrected chi connectivity index (χ2v) is 4.68. The van der Waals surface area contributed by atoms with Crippen molar-refractivity contribution in [1.82, 2.24) is 4.98 Å². The van der Waals surface area contributed by atoms with Crippen LogP contribution in [0, 0.1) is 0 Å². The fraction of sp³-hybridized carbons (Fsp3) is 0.182. The summed E-state index contributed by atoms with van der Waals surface area (Å²) in [6.45, 7) is -0.0703. The number of benzene rings is 1. The van der Waals surface area contributed by atoms with Crippen LogP contribution in [0.2, 0.25) is 5.15 Å². The molecule has 3 nitrogen and oxygen atoms in total. The number of aromatic nitrogens is 1. The van der Waals surface area contributed by atoms with Crippen LogP contribution in [0.15, 0.2) is 30.3 Å². The number of hydrogen-bond acceptors (Lipinski definition) is 4. The molecular formula is C11H11ClN2OS. The van der Waals surface area contributed by atoms with Gasteiger partial charge in [0.15, 0.2) is 5.13 Å². The van der Waals surface area contributed by atoms with E-state index >= 15 is 0 Å². The van der Waals surface area contributed by atoms with E-state index < -0.39 is 0 Å². The normalized spacial score (nSPS) is 10.4. The van der Waals surface area contributed by atoms with Crippen molar-refractivity contribution in [3.05, 3.63) is 40.4 Å². The van der Waals surface area contributed by atoms with Crippen LogP contribution in [0.4, 0.5) is 10.8 Å². The quantitative estimate of drug-likeness (QED) is 0.915. The van der Waals surface area contributed by atoms with Crippen LogP contribution in [-0.2, 0) is 6.61 Å². The maximum Gasteiger partial charge on any atom is 0.191 e. The molecule has 2 aromatic rings. The van der Waals surface area contributed by atoms with Crippen LogP contribution in [0.1, 0.15) is 4.88 Å². The lowest BCUT2D eigenvalue weighted by molar-refractivity contribution is 0.285. The highest BCUT2D eigenvalue weighted by Gasteiger charge is 2.12. The molecule has 0 saturated carbocycles.